The van der Waals surface area contributed by atoms with Gasteiger partial charge in [-0.15, -0.1) is 11.3 Å². The summed E-state index contributed by atoms with van der Waals surface area (Å²) < 4.78 is 26.8. The van der Waals surface area contributed by atoms with E-state index in [0.717, 1.165) is 30.9 Å². The van der Waals surface area contributed by atoms with Gasteiger partial charge < -0.3 is 11.1 Å². The second-order valence-electron chi connectivity index (χ2n) is 5.09. The van der Waals surface area contributed by atoms with Crippen LogP contribution in [0.2, 0.25) is 0 Å². The molecule has 3 N–H and O–H groups in total. The predicted octanol–water partition coefficient (Wildman–Crippen LogP) is 3.67. The highest BCUT2D eigenvalue weighted by atomic mass is 32.1. The van der Waals surface area contributed by atoms with Crippen LogP contribution in [0.1, 0.15) is 29.2 Å². The lowest BCUT2D eigenvalue weighted by Crippen LogP contribution is -2.24. The number of rotatable bonds is 2. The lowest BCUT2D eigenvalue weighted by molar-refractivity contribution is -0.117. The molecule has 0 aliphatic heterocycles. The summed E-state index contributed by atoms with van der Waals surface area (Å²) in [5.74, 6) is -2.22. The minimum Gasteiger partial charge on any atom is -0.396 e. The van der Waals surface area contributed by atoms with E-state index in [1.807, 2.05) is 11.4 Å². The number of hydrogen-bond donors (Lipinski definition) is 2. The summed E-state index contributed by atoms with van der Waals surface area (Å²) in [7, 11) is 0. The van der Waals surface area contributed by atoms with Crippen LogP contribution in [-0.4, -0.2) is 5.91 Å². The van der Waals surface area contributed by atoms with Gasteiger partial charge in [0, 0.05) is 10.9 Å². The molecule has 3 nitrogen and oxygen atoms in total. The van der Waals surface area contributed by atoms with E-state index in [1.165, 1.54) is 4.88 Å². The van der Waals surface area contributed by atoms with E-state index in [-0.39, 0.29) is 23.2 Å². The minimum absolute atomic E-state index is 0.0822. The van der Waals surface area contributed by atoms with Crippen molar-refractivity contribution in [2.45, 2.75) is 25.2 Å². The number of nitrogens with two attached hydrogens (primary N) is 1. The monoisotopic (exact) mass is 308 g/mol. The van der Waals surface area contributed by atoms with Gasteiger partial charge in [-0.2, -0.15) is 0 Å². The summed E-state index contributed by atoms with van der Waals surface area (Å²) in [6.45, 7) is 0. The fourth-order valence-electron chi connectivity index (χ4n) is 2.64. The summed E-state index contributed by atoms with van der Waals surface area (Å²) in [5, 5.41) is 4.49. The number of halogens is 2. The van der Waals surface area contributed by atoms with Gasteiger partial charge in [0.05, 0.1) is 17.3 Å². The van der Waals surface area contributed by atoms with Crippen LogP contribution < -0.4 is 11.1 Å². The average Bonchev–Trinajstić information content (AvgIpc) is 2.92. The second kappa shape index (κ2) is 5.44. The molecular formula is C15H14F2N2OS. The van der Waals surface area contributed by atoms with Gasteiger partial charge in [-0.3, -0.25) is 4.79 Å². The maximum Gasteiger partial charge on any atom is 0.232 e. The summed E-state index contributed by atoms with van der Waals surface area (Å²) in [5.41, 5.74) is 6.16. The van der Waals surface area contributed by atoms with Crippen LogP contribution in [0.15, 0.2) is 23.6 Å². The van der Waals surface area contributed by atoms with Gasteiger partial charge in [-0.1, -0.05) is 0 Å². The Balaban J connectivity index is 1.84. The number of fused-ring (bicyclic) bond motifs is 1. The summed E-state index contributed by atoms with van der Waals surface area (Å²) >= 11 is 1.64. The number of aryl methyl sites for hydroxylation is 1. The molecule has 1 atom stereocenters. The van der Waals surface area contributed by atoms with Gasteiger partial charge in [0.25, 0.3) is 0 Å². The number of carbonyl (C=O) groups excluding carboxylic acids is 1. The van der Waals surface area contributed by atoms with Crippen LogP contribution in [0.5, 0.6) is 0 Å². The minimum atomic E-state index is -0.830. The van der Waals surface area contributed by atoms with E-state index in [2.05, 4.69) is 5.32 Å². The van der Waals surface area contributed by atoms with Crippen molar-refractivity contribution in [2.75, 3.05) is 11.1 Å². The maximum atomic E-state index is 13.7. The number of amides is 1. The lowest BCUT2D eigenvalue weighted by atomic mass is 9.87. The van der Waals surface area contributed by atoms with E-state index >= 15 is 0 Å². The Morgan fingerprint density at radius 3 is 2.95 bits per heavy atom. The van der Waals surface area contributed by atoms with Crippen molar-refractivity contribution >= 4 is 28.6 Å². The van der Waals surface area contributed by atoms with Crippen LogP contribution in [0.4, 0.5) is 20.2 Å². The number of nitrogen functional groups attached to an aromatic ring is 1. The Morgan fingerprint density at radius 2 is 2.14 bits per heavy atom. The van der Waals surface area contributed by atoms with Gasteiger partial charge in [-0.25, -0.2) is 8.78 Å². The van der Waals surface area contributed by atoms with Crippen molar-refractivity contribution in [3.8, 4) is 0 Å². The molecule has 1 aliphatic carbocycles. The van der Waals surface area contributed by atoms with E-state index in [9.17, 15) is 13.6 Å². The molecule has 6 heteroatoms. The molecule has 1 aromatic heterocycles. The zero-order chi connectivity index (χ0) is 15.0. The third-order valence-corrected chi connectivity index (χ3v) is 4.71. The van der Waals surface area contributed by atoms with Gasteiger partial charge in [0.1, 0.15) is 11.6 Å². The Hall–Kier alpha value is -1.95. The van der Waals surface area contributed by atoms with Crippen LogP contribution in [0.3, 0.4) is 0 Å². The van der Waals surface area contributed by atoms with Crippen molar-refractivity contribution in [3.63, 3.8) is 0 Å². The van der Waals surface area contributed by atoms with Crippen LogP contribution in [-0.2, 0) is 11.2 Å². The normalized spacial score (nSPS) is 17.3. The first-order valence-corrected chi connectivity index (χ1v) is 7.56. The molecule has 2 aromatic rings. The van der Waals surface area contributed by atoms with Crippen molar-refractivity contribution in [1.82, 2.24) is 0 Å². The number of hydrogen-bond acceptors (Lipinski definition) is 3. The topological polar surface area (TPSA) is 55.1 Å². The fraction of sp³-hybridized carbons (Fsp3) is 0.267. The van der Waals surface area contributed by atoms with Crippen LogP contribution in [0, 0.1) is 11.6 Å². The van der Waals surface area contributed by atoms with Crippen LogP contribution >= 0.6 is 11.3 Å². The van der Waals surface area contributed by atoms with Crippen LogP contribution in [0.25, 0.3) is 0 Å². The average molecular weight is 308 g/mol. The largest absolute Gasteiger partial charge is 0.396 e. The molecule has 0 radical (unpaired) electrons. The third kappa shape index (κ3) is 2.63. The molecule has 1 aliphatic rings. The molecule has 1 heterocycles. The first kappa shape index (κ1) is 14.0. The van der Waals surface area contributed by atoms with E-state index in [1.54, 1.807) is 11.3 Å². The fourth-order valence-corrected chi connectivity index (χ4v) is 3.63. The summed E-state index contributed by atoms with van der Waals surface area (Å²) in [6.07, 6.45) is 2.64. The molecule has 3 rings (SSSR count). The van der Waals surface area contributed by atoms with Gasteiger partial charge in [-0.05, 0) is 42.3 Å². The number of thiophene rings is 1. The molecule has 0 fully saturated rings. The van der Waals surface area contributed by atoms with E-state index < -0.39 is 11.6 Å². The van der Waals surface area contributed by atoms with Gasteiger partial charge >= 0.3 is 0 Å². The predicted molar refractivity (Wildman–Crippen MR) is 79.4 cm³/mol. The standard InChI is InChI=1S/C15H14F2N2OS/c16-10-6-11(17)13(7-12(10)18)19-15(20)9-2-1-3-14-8(9)4-5-21-14/h4-7,9H,1-3,18H2,(H,19,20). The third-order valence-electron chi connectivity index (χ3n) is 3.71. The molecule has 21 heavy (non-hydrogen) atoms. The highest BCUT2D eigenvalue weighted by Gasteiger charge is 2.27. The Labute approximate surface area is 124 Å². The Morgan fingerprint density at radius 1 is 1.33 bits per heavy atom. The summed E-state index contributed by atoms with van der Waals surface area (Å²) in [6, 6.07) is 3.74. The van der Waals surface area contributed by atoms with Crippen molar-refractivity contribution in [3.05, 3.63) is 45.7 Å². The Bertz CT molecular complexity index is 699. The van der Waals surface area contributed by atoms with E-state index in [0.29, 0.717) is 6.07 Å². The molecule has 0 spiro atoms. The Kier molecular flexibility index (Phi) is 3.63. The molecule has 110 valence electrons. The van der Waals surface area contributed by atoms with Crippen molar-refractivity contribution < 1.29 is 13.6 Å². The zero-order valence-corrected chi connectivity index (χ0v) is 12.0. The molecule has 0 bridgehead atoms. The maximum absolute atomic E-state index is 13.7. The van der Waals surface area contributed by atoms with Crippen molar-refractivity contribution in [2.24, 2.45) is 0 Å². The zero-order valence-electron chi connectivity index (χ0n) is 11.2. The first-order valence-electron chi connectivity index (χ1n) is 6.68. The lowest BCUT2D eigenvalue weighted by Gasteiger charge is -2.22. The first-order chi connectivity index (χ1) is 10.1. The van der Waals surface area contributed by atoms with Gasteiger partial charge in [0.15, 0.2) is 0 Å². The molecule has 1 aromatic carbocycles. The molecule has 0 saturated carbocycles. The second-order valence-corrected chi connectivity index (χ2v) is 6.09. The molecule has 1 unspecified atom stereocenters. The highest BCUT2D eigenvalue weighted by Crippen LogP contribution is 2.36. The smallest absolute Gasteiger partial charge is 0.232 e. The van der Waals surface area contributed by atoms with Crippen molar-refractivity contribution in [1.29, 1.82) is 0 Å². The van der Waals surface area contributed by atoms with Gasteiger partial charge in [0.2, 0.25) is 5.91 Å². The van der Waals surface area contributed by atoms with E-state index in [4.69, 9.17) is 5.73 Å². The SMILES string of the molecule is Nc1cc(NC(=O)C2CCCc3sccc32)c(F)cc1F. The number of nitrogens with one attached hydrogen (secondary N) is 1. The molecular weight excluding hydrogens is 294 g/mol. The molecule has 1 amide bonds. The quantitative estimate of drug-likeness (QED) is 0.832. The number of carbonyl (C=O) groups is 1. The highest BCUT2D eigenvalue weighted by molar-refractivity contribution is 7.10. The number of anilines is 2. The number of benzene rings is 1. The summed E-state index contributed by atoms with van der Waals surface area (Å²) in [4.78, 5) is 13.6. The molecule has 0 saturated heterocycles.